The fraction of sp³-hybridized carbons (Fsp3) is 0.917. The van der Waals surface area contributed by atoms with Gasteiger partial charge in [0, 0.05) is 12.6 Å². The first-order chi connectivity index (χ1) is 8.77. The summed E-state index contributed by atoms with van der Waals surface area (Å²) in [7, 11) is -3.74. The van der Waals surface area contributed by atoms with Crippen LogP contribution in [-0.2, 0) is 15.0 Å². The molecule has 0 aromatic heterocycles. The summed E-state index contributed by atoms with van der Waals surface area (Å²) in [5.74, 6) is -1.19. The van der Waals surface area contributed by atoms with E-state index < -0.39 is 21.7 Å². The molecule has 2 fully saturated rings. The molecule has 0 spiro atoms. The summed E-state index contributed by atoms with van der Waals surface area (Å²) in [4.78, 5) is 11.4. The Bertz CT molecular complexity index is 460. The summed E-state index contributed by atoms with van der Waals surface area (Å²) >= 11 is 0. The van der Waals surface area contributed by atoms with Crippen molar-refractivity contribution in [2.45, 2.75) is 57.5 Å². The quantitative estimate of drug-likeness (QED) is 0.789. The molecule has 19 heavy (non-hydrogen) atoms. The lowest BCUT2D eigenvalue weighted by molar-refractivity contribution is -0.144. The van der Waals surface area contributed by atoms with Crippen molar-refractivity contribution < 1.29 is 18.3 Å². The first-order valence-electron chi connectivity index (χ1n) is 6.81. The highest BCUT2D eigenvalue weighted by Gasteiger charge is 2.51. The van der Waals surface area contributed by atoms with E-state index in [1.165, 1.54) is 11.2 Å². The second-order valence-electron chi connectivity index (χ2n) is 5.84. The predicted octanol–water partition coefficient (Wildman–Crippen LogP) is 0.949. The minimum absolute atomic E-state index is 0.0662. The number of piperidine rings is 1. The van der Waals surface area contributed by atoms with Crippen molar-refractivity contribution >= 4 is 16.2 Å². The van der Waals surface area contributed by atoms with Crippen molar-refractivity contribution in [2.75, 3.05) is 6.54 Å². The van der Waals surface area contributed by atoms with E-state index >= 15 is 0 Å². The van der Waals surface area contributed by atoms with E-state index in [4.69, 9.17) is 0 Å². The van der Waals surface area contributed by atoms with Crippen molar-refractivity contribution in [3.63, 3.8) is 0 Å². The molecule has 0 aromatic rings. The van der Waals surface area contributed by atoms with Crippen molar-refractivity contribution in [3.05, 3.63) is 0 Å². The fourth-order valence-corrected chi connectivity index (χ4v) is 4.57. The van der Waals surface area contributed by atoms with Crippen LogP contribution in [0.15, 0.2) is 0 Å². The Kier molecular flexibility index (Phi) is 3.90. The zero-order valence-electron chi connectivity index (χ0n) is 11.4. The van der Waals surface area contributed by atoms with Gasteiger partial charge in [-0.15, -0.1) is 0 Å². The van der Waals surface area contributed by atoms with E-state index in [2.05, 4.69) is 4.72 Å². The normalized spacial score (nSPS) is 28.8. The molecule has 0 radical (unpaired) electrons. The van der Waals surface area contributed by atoms with Gasteiger partial charge in [0.2, 0.25) is 0 Å². The van der Waals surface area contributed by atoms with Crippen LogP contribution in [-0.4, -0.2) is 41.9 Å². The largest absolute Gasteiger partial charge is 0.480 e. The maximum absolute atomic E-state index is 12.4. The lowest BCUT2D eigenvalue weighted by Gasteiger charge is -2.35. The molecule has 1 aliphatic heterocycles. The van der Waals surface area contributed by atoms with Gasteiger partial charge in [0.15, 0.2) is 0 Å². The van der Waals surface area contributed by atoms with Crippen LogP contribution in [0.1, 0.15) is 46.0 Å². The first-order valence-corrected chi connectivity index (χ1v) is 8.25. The van der Waals surface area contributed by atoms with Crippen LogP contribution >= 0.6 is 0 Å². The second kappa shape index (κ2) is 5.03. The first kappa shape index (κ1) is 14.7. The monoisotopic (exact) mass is 290 g/mol. The molecule has 6 nitrogen and oxygen atoms in total. The van der Waals surface area contributed by atoms with Crippen molar-refractivity contribution in [1.82, 2.24) is 9.03 Å². The molecule has 0 bridgehead atoms. The molecule has 1 saturated carbocycles. The Morgan fingerprint density at radius 1 is 1.32 bits per heavy atom. The van der Waals surface area contributed by atoms with Crippen molar-refractivity contribution in [1.29, 1.82) is 0 Å². The molecular weight excluding hydrogens is 268 g/mol. The van der Waals surface area contributed by atoms with E-state index in [0.29, 0.717) is 6.54 Å². The number of hydrogen-bond donors (Lipinski definition) is 2. The number of nitrogens with one attached hydrogen (secondary N) is 1. The van der Waals surface area contributed by atoms with Gasteiger partial charge in [-0.2, -0.15) is 17.4 Å². The minimum Gasteiger partial charge on any atom is -0.480 e. The van der Waals surface area contributed by atoms with Gasteiger partial charge >= 0.3 is 5.97 Å². The van der Waals surface area contributed by atoms with Gasteiger partial charge in [-0.25, -0.2) is 0 Å². The highest BCUT2D eigenvalue weighted by atomic mass is 32.2. The van der Waals surface area contributed by atoms with Gasteiger partial charge in [-0.3, -0.25) is 4.79 Å². The topological polar surface area (TPSA) is 86.7 Å². The van der Waals surface area contributed by atoms with Gasteiger partial charge in [-0.1, -0.05) is 6.42 Å². The summed E-state index contributed by atoms with van der Waals surface area (Å²) < 4.78 is 28.6. The maximum Gasteiger partial charge on any atom is 0.324 e. The third-order valence-corrected chi connectivity index (χ3v) is 6.07. The van der Waals surface area contributed by atoms with Crippen molar-refractivity contribution in [2.24, 2.45) is 5.92 Å². The molecule has 1 saturated heterocycles. The van der Waals surface area contributed by atoms with Crippen molar-refractivity contribution in [3.8, 4) is 0 Å². The summed E-state index contributed by atoms with van der Waals surface area (Å²) in [6.07, 6.45) is 4.21. The van der Waals surface area contributed by atoms with Crippen LogP contribution in [0.4, 0.5) is 0 Å². The molecule has 2 atom stereocenters. The molecule has 2 unspecified atom stereocenters. The number of hydrogen-bond acceptors (Lipinski definition) is 3. The van der Waals surface area contributed by atoms with E-state index in [-0.39, 0.29) is 12.0 Å². The molecule has 0 aromatic carbocycles. The van der Waals surface area contributed by atoms with Crippen LogP contribution in [0.25, 0.3) is 0 Å². The van der Waals surface area contributed by atoms with Crippen LogP contribution < -0.4 is 4.72 Å². The summed E-state index contributed by atoms with van der Waals surface area (Å²) in [5.41, 5.74) is -1.38. The minimum atomic E-state index is -3.74. The highest BCUT2D eigenvalue weighted by molar-refractivity contribution is 7.87. The average Bonchev–Trinajstić information content (AvgIpc) is 3.12. The Hall–Kier alpha value is -0.660. The Labute approximate surface area is 114 Å². The molecule has 2 aliphatic rings. The third-order valence-electron chi connectivity index (χ3n) is 4.23. The van der Waals surface area contributed by atoms with E-state index in [1.807, 2.05) is 6.92 Å². The zero-order chi connectivity index (χ0) is 14.3. The van der Waals surface area contributed by atoms with E-state index in [1.54, 1.807) is 0 Å². The predicted molar refractivity (Wildman–Crippen MR) is 70.8 cm³/mol. The number of nitrogens with zero attached hydrogens (tertiary/aromatic N) is 1. The zero-order valence-corrected chi connectivity index (χ0v) is 12.2. The lowest BCUT2D eigenvalue weighted by atomic mass is 9.98. The van der Waals surface area contributed by atoms with Gasteiger partial charge in [0.25, 0.3) is 10.2 Å². The Balaban J connectivity index is 2.17. The molecule has 0 amide bonds. The number of rotatable bonds is 5. The number of aliphatic carboxylic acids is 1. The van der Waals surface area contributed by atoms with Gasteiger partial charge in [-0.05, 0) is 45.4 Å². The number of carboxylic acids is 1. The number of carboxylic acid groups (broad SMARTS) is 1. The summed E-state index contributed by atoms with van der Waals surface area (Å²) in [6, 6.07) is -0.0662. The molecule has 7 heteroatoms. The molecule has 2 rings (SSSR count). The van der Waals surface area contributed by atoms with E-state index in [0.717, 1.165) is 32.1 Å². The average molecular weight is 290 g/mol. The van der Waals surface area contributed by atoms with Crippen LogP contribution in [0, 0.1) is 5.92 Å². The van der Waals surface area contributed by atoms with Crippen LogP contribution in [0.3, 0.4) is 0 Å². The summed E-state index contributed by atoms with van der Waals surface area (Å²) in [6.45, 7) is 3.81. The van der Waals surface area contributed by atoms with Crippen LogP contribution in [0.5, 0.6) is 0 Å². The molecule has 110 valence electrons. The second-order valence-corrected chi connectivity index (χ2v) is 7.47. The standard InChI is InChI=1S/C12H22N2O4S/c1-9-5-3-4-8-14(9)19(17,18)13-12(2,11(15)16)10-6-7-10/h9-10,13H,3-8H2,1-2H3,(H,15,16). The maximum atomic E-state index is 12.4. The van der Waals surface area contributed by atoms with Crippen LogP contribution in [0.2, 0.25) is 0 Å². The fourth-order valence-electron chi connectivity index (χ4n) is 2.72. The molecule has 1 aliphatic carbocycles. The summed E-state index contributed by atoms with van der Waals surface area (Å²) in [5, 5.41) is 9.33. The molecular formula is C12H22N2O4S. The smallest absolute Gasteiger partial charge is 0.324 e. The SMILES string of the molecule is CC1CCCCN1S(=O)(=O)NC(C)(C(=O)O)C1CC1. The highest BCUT2D eigenvalue weighted by Crippen LogP contribution is 2.40. The number of carbonyl (C=O) groups is 1. The van der Waals surface area contributed by atoms with Gasteiger partial charge in [0.05, 0.1) is 0 Å². The lowest BCUT2D eigenvalue weighted by Crippen LogP contribution is -2.59. The molecule has 2 N–H and O–H groups in total. The third kappa shape index (κ3) is 2.93. The van der Waals surface area contributed by atoms with Gasteiger partial charge in [0.1, 0.15) is 5.54 Å². The van der Waals surface area contributed by atoms with Gasteiger partial charge < -0.3 is 5.11 Å². The van der Waals surface area contributed by atoms with E-state index in [9.17, 15) is 18.3 Å². The molecule has 1 heterocycles. The Morgan fingerprint density at radius 2 is 1.95 bits per heavy atom. The Morgan fingerprint density at radius 3 is 2.42 bits per heavy atom.